The Morgan fingerprint density at radius 3 is 1.84 bits per heavy atom. The van der Waals surface area contributed by atoms with Gasteiger partial charge in [-0.15, -0.1) is 0 Å². The molecule has 1 aromatic rings. The zero-order valence-corrected chi connectivity index (χ0v) is 21.4. The van der Waals surface area contributed by atoms with Crippen molar-refractivity contribution in [3.05, 3.63) is 35.9 Å². The molecule has 13 heteroatoms. The Hall–Kier alpha value is -4.00. The van der Waals surface area contributed by atoms with E-state index in [0.717, 1.165) is 27.7 Å². The summed E-state index contributed by atoms with van der Waals surface area (Å²) in [6, 6.07) is 7.36. The van der Waals surface area contributed by atoms with Gasteiger partial charge in [-0.2, -0.15) is 0 Å². The Labute approximate surface area is 218 Å². The quantitative estimate of drug-likeness (QED) is 0.292. The standard InChI is InChI=1S/C25H31NO12/c1-13(27)34-12-20-23(36-15(3)29)24(37-16(4)30)22(35-14(2)28)19(38-20)11-21(31)26-18(25(32)33)10-17-8-6-5-7-9-17/h5-9,18-20,22-24H,10-12H2,1-4H3,(H,26,31)(H,32,33). The van der Waals surface area contributed by atoms with E-state index >= 15 is 0 Å². The summed E-state index contributed by atoms with van der Waals surface area (Å²) in [6.07, 6.45) is -7.23. The van der Waals surface area contributed by atoms with E-state index in [4.69, 9.17) is 23.7 Å². The minimum Gasteiger partial charge on any atom is -0.480 e. The van der Waals surface area contributed by atoms with Crippen LogP contribution in [0.4, 0.5) is 0 Å². The van der Waals surface area contributed by atoms with Crippen LogP contribution in [0.3, 0.4) is 0 Å². The summed E-state index contributed by atoms with van der Waals surface area (Å²) in [5, 5.41) is 12.0. The maximum Gasteiger partial charge on any atom is 0.326 e. The Kier molecular flexibility index (Phi) is 11.2. The highest BCUT2D eigenvalue weighted by Gasteiger charge is 2.52. The summed E-state index contributed by atoms with van der Waals surface area (Å²) < 4.78 is 26.8. The Morgan fingerprint density at radius 1 is 0.816 bits per heavy atom. The first kappa shape index (κ1) is 30.2. The zero-order valence-electron chi connectivity index (χ0n) is 21.4. The number of carboxylic acid groups (broad SMARTS) is 1. The molecule has 208 valence electrons. The fourth-order valence-corrected chi connectivity index (χ4v) is 3.97. The lowest BCUT2D eigenvalue weighted by Crippen LogP contribution is -2.63. The number of nitrogens with one attached hydrogen (secondary N) is 1. The molecule has 13 nitrogen and oxygen atoms in total. The lowest BCUT2D eigenvalue weighted by molar-refractivity contribution is -0.252. The molecule has 1 aliphatic rings. The normalized spacial score (nSPS) is 23.3. The van der Waals surface area contributed by atoms with Crippen LogP contribution >= 0.6 is 0 Å². The average Bonchev–Trinajstić information content (AvgIpc) is 2.81. The summed E-state index contributed by atoms with van der Waals surface area (Å²) in [7, 11) is 0. The number of aliphatic carboxylic acids is 1. The first-order chi connectivity index (χ1) is 17.9. The van der Waals surface area contributed by atoms with Gasteiger partial charge >= 0.3 is 29.8 Å². The molecule has 2 N–H and O–H groups in total. The second-order valence-corrected chi connectivity index (χ2v) is 8.59. The fourth-order valence-electron chi connectivity index (χ4n) is 3.97. The van der Waals surface area contributed by atoms with E-state index < -0.39 is 85.3 Å². The SMILES string of the molecule is CC(=O)OCC1OC(CC(=O)NC(Cc2ccccc2)C(=O)O)C(OC(C)=O)C(OC(C)=O)C1OC(C)=O. The van der Waals surface area contributed by atoms with Gasteiger partial charge in [0.25, 0.3) is 0 Å². The van der Waals surface area contributed by atoms with Crippen LogP contribution in [0.5, 0.6) is 0 Å². The number of carbonyl (C=O) groups is 6. The summed E-state index contributed by atoms with van der Waals surface area (Å²) in [5.41, 5.74) is 0.674. The molecule has 0 aromatic heterocycles. The van der Waals surface area contributed by atoms with Crippen LogP contribution in [0.15, 0.2) is 30.3 Å². The summed E-state index contributed by atoms with van der Waals surface area (Å²) in [4.78, 5) is 71.7. The van der Waals surface area contributed by atoms with E-state index in [9.17, 15) is 33.9 Å². The molecular formula is C25H31NO12. The maximum absolute atomic E-state index is 12.9. The zero-order chi connectivity index (χ0) is 28.4. The molecule has 38 heavy (non-hydrogen) atoms. The molecule has 0 bridgehead atoms. The minimum absolute atomic E-state index is 0.000483. The molecule has 1 aliphatic heterocycles. The van der Waals surface area contributed by atoms with Gasteiger partial charge in [-0.1, -0.05) is 30.3 Å². The number of carbonyl (C=O) groups excluding carboxylic acids is 5. The topological polar surface area (TPSA) is 181 Å². The van der Waals surface area contributed by atoms with E-state index in [1.807, 2.05) is 0 Å². The molecular weight excluding hydrogens is 506 g/mol. The van der Waals surface area contributed by atoms with Gasteiger partial charge in [-0.05, 0) is 5.56 Å². The van der Waals surface area contributed by atoms with Gasteiger partial charge in [0.15, 0.2) is 18.3 Å². The van der Waals surface area contributed by atoms with Crippen molar-refractivity contribution < 1.29 is 57.6 Å². The molecule has 1 fully saturated rings. The van der Waals surface area contributed by atoms with Crippen molar-refractivity contribution in [2.45, 2.75) is 77.1 Å². The van der Waals surface area contributed by atoms with Crippen LogP contribution in [0.2, 0.25) is 0 Å². The summed E-state index contributed by atoms with van der Waals surface area (Å²) >= 11 is 0. The number of rotatable bonds is 11. The van der Waals surface area contributed by atoms with E-state index in [1.165, 1.54) is 0 Å². The van der Waals surface area contributed by atoms with Gasteiger partial charge in [0.1, 0.15) is 24.9 Å². The highest BCUT2D eigenvalue weighted by molar-refractivity contribution is 5.84. The molecule has 6 atom stereocenters. The largest absolute Gasteiger partial charge is 0.480 e. The monoisotopic (exact) mass is 537 g/mol. The number of amides is 1. The second-order valence-electron chi connectivity index (χ2n) is 8.59. The lowest BCUT2D eigenvalue weighted by Gasteiger charge is -2.44. The summed E-state index contributed by atoms with van der Waals surface area (Å²) in [6.45, 7) is 3.94. The van der Waals surface area contributed by atoms with Crippen molar-refractivity contribution in [2.24, 2.45) is 0 Å². The maximum atomic E-state index is 12.9. The van der Waals surface area contributed by atoms with Crippen LogP contribution in [0.1, 0.15) is 39.7 Å². The average molecular weight is 538 g/mol. The first-order valence-electron chi connectivity index (χ1n) is 11.7. The number of hydrogen-bond donors (Lipinski definition) is 2. The van der Waals surface area contributed by atoms with Crippen LogP contribution in [-0.2, 0) is 58.9 Å². The minimum atomic E-state index is -1.42. The molecule has 0 radical (unpaired) electrons. The number of carboxylic acids is 1. The molecule has 1 amide bonds. The molecule has 0 aliphatic carbocycles. The number of hydrogen-bond acceptors (Lipinski definition) is 11. The van der Waals surface area contributed by atoms with Crippen molar-refractivity contribution in [1.29, 1.82) is 0 Å². The van der Waals surface area contributed by atoms with E-state index in [2.05, 4.69) is 5.32 Å². The van der Waals surface area contributed by atoms with Crippen LogP contribution in [0.25, 0.3) is 0 Å². The second kappa shape index (κ2) is 14.1. The molecule has 1 saturated heterocycles. The molecule has 2 rings (SSSR count). The van der Waals surface area contributed by atoms with Crippen molar-refractivity contribution in [3.63, 3.8) is 0 Å². The predicted molar refractivity (Wildman–Crippen MR) is 126 cm³/mol. The lowest BCUT2D eigenvalue weighted by atomic mass is 9.92. The van der Waals surface area contributed by atoms with E-state index in [-0.39, 0.29) is 6.42 Å². The summed E-state index contributed by atoms with van der Waals surface area (Å²) in [5.74, 6) is -5.13. The van der Waals surface area contributed by atoms with Crippen molar-refractivity contribution in [2.75, 3.05) is 6.61 Å². The van der Waals surface area contributed by atoms with Crippen LogP contribution in [-0.4, -0.2) is 84.0 Å². The van der Waals surface area contributed by atoms with E-state index in [0.29, 0.717) is 5.56 Å². The predicted octanol–water partition coefficient (Wildman–Crippen LogP) is 0.314. The highest BCUT2D eigenvalue weighted by atomic mass is 16.7. The Bertz CT molecular complexity index is 1030. The molecule has 1 heterocycles. The molecule has 0 spiro atoms. The fraction of sp³-hybridized carbons (Fsp3) is 0.520. The van der Waals surface area contributed by atoms with Crippen LogP contribution < -0.4 is 5.32 Å². The van der Waals surface area contributed by atoms with Gasteiger partial charge in [-0.3, -0.25) is 24.0 Å². The highest BCUT2D eigenvalue weighted by Crippen LogP contribution is 2.30. The first-order valence-corrected chi connectivity index (χ1v) is 11.7. The van der Waals surface area contributed by atoms with Crippen molar-refractivity contribution >= 4 is 35.8 Å². The molecule has 0 saturated carbocycles. The smallest absolute Gasteiger partial charge is 0.326 e. The van der Waals surface area contributed by atoms with Gasteiger partial charge in [0.05, 0.1) is 6.42 Å². The van der Waals surface area contributed by atoms with Gasteiger partial charge in [0, 0.05) is 34.1 Å². The number of benzene rings is 1. The van der Waals surface area contributed by atoms with Crippen LogP contribution in [0, 0.1) is 0 Å². The van der Waals surface area contributed by atoms with E-state index in [1.54, 1.807) is 30.3 Å². The number of ether oxygens (including phenoxy) is 5. The molecule has 1 aromatic carbocycles. The Balaban J connectivity index is 2.33. The molecule has 6 unspecified atom stereocenters. The van der Waals surface area contributed by atoms with Gasteiger partial charge in [-0.25, -0.2) is 4.79 Å². The third kappa shape index (κ3) is 9.47. The van der Waals surface area contributed by atoms with Crippen molar-refractivity contribution in [3.8, 4) is 0 Å². The number of esters is 4. The van der Waals surface area contributed by atoms with Gasteiger partial charge < -0.3 is 34.1 Å². The third-order valence-electron chi connectivity index (χ3n) is 5.39. The van der Waals surface area contributed by atoms with Gasteiger partial charge in [0.2, 0.25) is 5.91 Å². The van der Waals surface area contributed by atoms with Crippen molar-refractivity contribution in [1.82, 2.24) is 5.32 Å². The Morgan fingerprint density at radius 2 is 1.34 bits per heavy atom. The third-order valence-corrected chi connectivity index (χ3v) is 5.39.